The minimum atomic E-state index is -4.43. The molecule has 0 aliphatic carbocycles. The molecule has 0 aromatic carbocycles. The van der Waals surface area contributed by atoms with E-state index < -0.39 is 12.8 Å². The van der Waals surface area contributed by atoms with E-state index in [0.717, 1.165) is 18.7 Å². The van der Waals surface area contributed by atoms with E-state index >= 15 is 0 Å². The van der Waals surface area contributed by atoms with Gasteiger partial charge in [0.05, 0.1) is 13.1 Å². The molecule has 1 aliphatic rings. The first-order chi connectivity index (χ1) is 14.9. The van der Waals surface area contributed by atoms with E-state index in [9.17, 15) is 13.2 Å². The fraction of sp³-hybridized carbons (Fsp3) is 0.579. The number of guanidine groups is 1. The summed E-state index contributed by atoms with van der Waals surface area (Å²) in [6.07, 6.45) is -1.43. The van der Waals surface area contributed by atoms with Gasteiger partial charge in [0.15, 0.2) is 18.4 Å². The van der Waals surface area contributed by atoms with Crippen molar-refractivity contribution < 1.29 is 22.6 Å². The van der Waals surface area contributed by atoms with Crippen LogP contribution in [0.3, 0.4) is 0 Å². The molecule has 1 atom stereocenters. The number of hydrogen-bond acceptors (Lipinski definition) is 6. The minimum absolute atomic E-state index is 0. The number of alkyl halides is 3. The van der Waals surface area contributed by atoms with Crippen LogP contribution >= 0.6 is 24.0 Å². The highest BCUT2D eigenvalue weighted by Crippen LogP contribution is 2.20. The highest BCUT2D eigenvalue weighted by Gasteiger charge is 2.29. The fourth-order valence-corrected chi connectivity index (χ4v) is 3.17. The van der Waals surface area contributed by atoms with E-state index in [0.29, 0.717) is 37.0 Å². The van der Waals surface area contributed by atoms with Gasteiger partial charge in [-0.1, -0.05) is 6.07 Å². The molecule has 0 amide bonds. The largest absolute Gasteiger partial charge is 0.468 e. The van der Waals surface area contributed by atoms with Crippen molar-refractivity contribution in [1.82, 2.24) is 30.4 Å². The van der Waals surface area contributed by atoms with Crippen LogP contribution in [0.4, 0.5) is 13.2 Å². The molecule has 2 N–H and O–H groups in total. The molecule has 9 nitrogen and oxygen atoms in total. The Morgan fingerprint density at radius 2 is 2.19 bits per heavy atom. The van der Waals surface area contributed by atoms with Crippen LogP contribution in [0.2, 0.25) is 0 Å². The zero-order chi connectivity index (χ0) is 22.3. The summed E-state index contributed by atoms with van der Waals surface area (Å²) in [5, 5.41) is 11.0. The Labute approximate surface area is 201 Å². The van der Waals surface area contributed by atoms with Crippen molar-refractivity contribution in [3.63, 3.8) is 0 Å². The first kappa shape index (κ1) is 26.1. The first-order valence-corrected chi connectivity index (χ1v) is 9.97. The number of ether oxygens (including phenoxy) is 2. The Hall–Kier alpha value is -2.16. The Morgan fingerprint density at radius 3 is 2.91 bits per heavy atom. The number of rotatable bonds is 8. The second-order valence-electron chi connectivity index (χ2n) is 7.01. The maximum atomic E-state index is 12.5. The molecule has 3 heterocycles. The highest BCUT2D eigenvalue weighted by atomic mass is 127. The van der Waals surface area contributed by atoms with E-state index in [2.05, 4.69) is 30.7 Å². The maximum absolute atomic E-state index is 12.5. The third-order valence-corrected chi connectivity index (χ3v) is 4.49. The molecule has 2 aromatic rings. The van der Waals surface area contributed by atoms with Gasteiger partial charge in [0.1, 0.15) is 12.4 Å². The normalized spacial score (nSPS) is 16.2. The van der Waals surface area contributed by atoms with Crippen LogP contribution in [0.15, 0.2) is 23.3 Å². The summed E-state index contributed by atoms with van der Waals surface area (Å²) in [7, 11) is 1.60. The quantitative estimate of drug-likeness (QED) is 0.287. The van der Waals surface area contributed by atoms with Gasteiger partial charge in [-0.05, 0) is 19.4 Å². The molecule has 0 saturated carbocycles. The standard InChI is InChI=1S/C19H26F3N7O2.HI/c1-3-23-18(25-9-13-5-4-8-24-17(13)31-12-19(20,21)22)26-14-6-7-16-27-15(11-30-2)28-29(16)10-14;/h4-5,8,14H,3,6-7,9-12H2,1-2H3,(H2,23,25,26);1H. The Balaban J connectivity index is 0.00000363. The fourth-order valence-electron chi connectivity index (χ4n) is 3.17. The molecule has 32 heavy (non-hydrogen) atoms. The van der Waals surface area contributed by atoms with Gasteiger partial charge in [-0.3, -0.25) is 0 Å². The molecule has 1 aliphatic heterocycles. The second-order valence-corrected chi connectivity index (χ2v) is 7.01. The lowest BCUT2D eigenvalue weighted by atomic mass is 10.1. The predicted molar refractivity (Wildman–Crippen MR) is 122 cm³/mol. The van der Waals surface area contributed by atoms with E-state index in [-0.39, 0.29) is 42.4 Å². The Morgan fingerprint density at radius 1 is 1.38 bits per heavy atom. The number of aromatic nitrogens is 4. The van der Waals surface area contributed by atoms with Gasteiger partial charge < -0.3 is 20.1 Å². The summed E-state index contributed by atoms with van der Waals surface area (Å²) in [5.41, 5.74) is 0.468. The highest BCUT2D eigenvalue weighted by molar-refractivity contribution is 14.0. The molecule has 3 rings (SSSR count). The van der Waals surface area contributed by atoms with Gasteiger partial charge in [0.25, 0.3) is 0 Å². The summed E-state index contributed by atoms with van der Waals surface area (Å²) in [6.45, 7) is 2.29. The van der Waals surface area contributed by atoms with Crippen molar-refractivity contribution in [3.8, 4) is 5.88 Å². The third-order valence-electron chi connectivity index (χ3n) is 4.49. The van der Waals surface area contributed by atoms with Crippen molar-refractivity contribution in [2.75, 3.05) is 20.3 Å². The molecular weight excluding hydrogens is 542 g/mol. The number of methoxy groups -OCH3 is 1. The number of nitrogens with one attached hydrogen (secondary N) is 2. The average molecular weight is 569 g/mol. The maximum Gasteiger partial charge on any atom is 0.422 e. The van der Waals surface area contributed by atoms with Crippen molar-refractivity contribution in [3.05, 3.63) is 35.5 Å². The van der Waals surface area contributed by atoms with Crippen LogP contribution in [0.1, 0.15) is 30.6 Å². The number of halogens is 4. The van der Waals surface area contributed by atoms with Gasteiger partial charge >= 0.3 is 6.18 Å². The molecular formula is C19H27F3IN7O2. The third kappa shape index (κ3) is 7.76. The van der Waals surface area contributed by atoms with Crippen LogP contribution in [0.5, 0.6) is 5.88 Å². The van der Waals surface area contributed by atoms with Gasteiger partial charge in [-0.2, -0.15) is 18.3 Å². The van der Waals surface area contributed by atoms with Gasteiger partial charge in [0, 0.05) is 37.9 Å². The first-order valence-electron chi connectivity index (χ1n) is 9.97. The van der Waals surface area contributed by atoms with Crippen molar-refractivity contribution in [1.29, 1.82) is 0 Å². The molecule has 13 heteroatoms. The molecule has 0 bridgehead atoms. The predicted octanol–water partition coefficient (Wildman–Crippen LogP) is 2.45. The van der Waals surface area contributed by atoms with Crippen molar-refractivity contribution in [2.24, 2.45) is 4.99 Å². The summed E-state index contributed by atoms with van der Waals surface area (Å²) < 4.78 is 49.2. The zero-order valence-corrected chi connectivity index (χ0v) is 20.2. The van der Waals surface area contributed by atoms with E-state index in [1.807, 2.05) is 11.6 Å². The summed E-state index contributed by atoms with van der Waals surface area (Å²) >= 11 is 0. The molecule has 0 saturated heterocycles. The van der Waals surface area contributed by atoms with Gasteiger partial charge in [-0.15, -0.1) is 24.0 Å². The molecule has 2 aromatic heterocycles. The van der Waals surface area contributed by atoms with E-state index in [1.54, 1.807) is 19.2 Å². The number of aliphatic imine (C=N–C) groups is 1. The molecule has 0 radical (unpaired) electrons. The van der Waals surface area contributed by atoms with Gasteiger partial charge in [0.2, 0.25) is 5.88 Å². The SMILES string of the molecule is CCNC(=NCc1cccnc1OCC(F)(F)F)NC1CCc2nc(COC)nn2C1.I. The summed E-state index contributed by atoms with van der Waals surface area (Å²) in [4.78, 5) is 12.9. The number of hydrogen-bond donors (Lipinski definition) is 2. The molecule has 178 valence electrons. The monoisotopic (exact) mass is 569 g/mol. The minimum Gasteiger partial charge on any atom is -0.468 e. The van der Waals surface area contributed by atoms with Crippen LogP contribution in [-0.2, 0) is 30.9 Å². The van der Waals surface area contributed by atoms with Gasteiger partial charge in [-0.25, -0.2) is 19.6 Å². The van der Waals surface area contributed by atoms with Crippen LogP contribution in [-0.4, -0.2) is 58.2 Å². The summed E-state index contributed by atoms with van der Waals surface area (Å²) in [6, 6.07) is 3.36. The van der Waals surface area contributed by atoms with Crippen LogP contribution in [0.25, 0.3) is 0 Å². The molecule has 0 spiro atoms. The van der Waals surface area contributed by atoms with Crippen molar-refractivity contribution in [2.45, 2.75) is 51.7 Å². The lowest BCUT2D eigenvalue weighted by Crippen LogP contribution is -2.47. The van der Waals surface area contributed by atoms with E-state index in [4.69, 9.17) is 9.47 Å². The average Bonchev–Trinajstić information content (AvgIpc) is 3.12. The van der Waals surface area contributed by atoms with Crippen molar-refractivity contribution >= 4 is 29.9 Å². The van der Waals surface area contributed by atoms with Crippen LogP contribution in [0, 0.1) is 0 Å². The lowest BCUT2D eigenvalue weighted by Gasteiger charge is -2.25. The number of pyridine rings is 1. The second kappa shape index (κ2) is 12.2. The number of aryl methyl sites for hydroxylation is 1. The summed E-state index contributed by atoms with van der Waals surface area (Å²) in [5.74, 6) is 2.06. The molecule has 1 unspecified atom stereocenters. The lowest BCUT2D eigenvalue weighted by molar-refractivity contribution is -0.154. The number of fused-ring (bicyclic) bond motifs is 1. The zero-order valence-electron chi connectivity index (χ0n) is 17.9. The van der Waals surface area contributed by atoms with Crippen LogP contribution < -0.4 is 15.4 Å². The molecule has 0 fully saturated rings. The smallest absolute Gasteiger partial charge is 0.422 e. The Kier molecular flexibility index (Phi) is 9.93. The number of nitrogens with zero attached hydrogens (tertiary/aromatic N) is 5. The Bertz CT molecular complexity index is 892. The van der Waals surface area contributed by atoms with E-state index in [1.165, 1.54) is 6.20 Å². The topological polar surface area (TPSA) is 98.5 Å².